The first-order valence-corrected chi connectivity index (χ1v) is 3.30. The normalized spacial score (nSPS) is 10.3. The molecule has 0 saturated carbocycles. The van der Waals surface area contributed by atoms with E-state index in [0.29, 0.717) is 0 Å². The van der Waals surface area contributed by atoms with Gasteiger partial charge in [0.25, 0.3) is 0 Å². The molecule has 0 spiro atoms. The van der Waals surface area contributed by atoms with E-state index >= 15 is 0 Å². The molecule has 2 rings (SSSR count). The SMILES string of the molecule is Cc1nonc1-n1cccc1. The molecule has 4 heteroatoms. The Bertz CT molecular complexity index is 336. The van der Waals surface area contributed by atoms with Crippen molar-refractivity contribution >= 4 is 0 Å². The summed E-state index contributed by atoms with van der Waals surface area (Å²) in [5, 5.41) is 7.40. The summed E-state index contributed by atoms with van der Waals surface area (Å²) in [7, 11) is 0. The van der Waals surface area contributed by atoms with Crippen LogP contribution in [0.15, 0.2) is 29.2 Å². The van der Waals surface area contributed by atoms with Crippen molar-refractivity contribution in [3.8, 4) is 5.82 Å². The van der Waals surface area contributed by atoms with E-state index < -0.39 is 0 Å². The van der Waals surface area contributed by atoms with Crippen LogP contribution < -0.4 is 0 Å². The van der Waals surface area contributed by atoms with Gasteiger partial charge in [0.1, 0.15) is 5.69 Å². The summed E-state index contributed by atoms with van der Waals surface area (Å²) in [5.74, 6) is 0.745. The van der Waals surface area contributed by atoms with Crippen molar-refractivity contribution in [2.75, 3.05) is 0 Å². The predicted octanol–water partition coefficient (Wildman–Crippen LogP) is 1.17. The van der Waals surface area contributed by atoms with E-state index in [1.165, 1.54) is 0 Å². The van der Waals surface area contributed by atoms with Crippen LogP contribution in [-0.4, -0.2) is 14.9 Å². The minimum absolute atomic E-state index is 0.745. The maximum Gasteiger partial charge on any atom is 0.204 e. The van der Waals surface area contributed by atoms with Crippen LogP contribution in [0.25, 0.3) is 5.82 Å². The Balaban J connectivity index is 2.53. The largest absolute Gasteiger partial charge is 0.304 e. The molecule has 2 aromatic heterocycles. The Hall–Kier alpha value is -1.58. The summed E-state index contributed by atoms with van der Waals surface area (Å²) in [6.07, 6.45) is 3.79. The molecule has 2 aromatic rings. The van der Waals surface area contributed by atoms with Gasteiger partial charge >= 0.3 is 0 Å². The minimum Gasteiger partial charge on any atom is -0.304 e. The van der Waals surface area contributed by atoms with Crippen LogP contribution in [0.4, 0.5) is 0 Å². The lowest BCUT2D eigenvalue weighted by Gasteiger charge is -1.93. The zero-order valence-electron chi connectivity index (χ0n) is 6.06. The molecule has 0 fully saturated rings. The highest BCUT2D eigenvalue weighted by molar-refractivity contribution is 5.25. The summed E-state index contributed by atoms with van der Waals surface area (Å²) in [5.41, 5.74) is 0.793. The first kappa shape index (κ1) is 6.15. The van der Waals surface area contributed by atoms with Gasteiger partial charge in [0, 0.05) is 12.4 Å². The third kappa shape index (κ3) is 0.920. The lowest BCUT2D eigenvalue weighted by atomic mass is 10.5. The fourth-order valence-electron chi connectivity index (χ4n) is 0.937. The Morgan fingerprint density at radius 1 is 1.27 bits per heavy atom. The summed E-state index contributed by atoms with van der Waals surface area (Å²) in [4.78, 5) is 0. The summed E-state index contributed by atoms with van der Waals surface area (Å²) in [6, 6.07) is 3.85. The molecule has 0 atom stereocenters. The molecule has 4 nitrogen and oxygen atoms in total. The Morgan fingerprint density at radius 2 is 2.00 bits per heavy atom. The highest BCUT2D eigenvalue weighted by Crippen LogP contribution is 2.07. The second-order valence-corrected chi connectivity index (χ2v) is 2.26. The lowest BCUT2D eigenvalue weighted by Crippen LogP contribution is -1.91. The third-order valence-electron chi connectivity index (χ3n) is 1.48. The molecule has 0 aliphatic carbocycles. The molecule has 0 N–H and O–H groups in total. The van der Waals surface area contributed by atoms with E-state index in [-0.39, 0.29) is 0 Å². The van der Waals surface area contributed by atoms with E-state index in [1.807, 2.05) is 36.0 Å². The molecule has 0 aliphatic heterocycles. The van der Waals surface area contributed by atoms with Gasteiger partial charge in [0.05, 0.1) is 0 Å². The van der Waals surface area contributed by atoms with E-state index in [0.717, 1.165) is 11.5 Å². The Morgan fingerprint density at radius 3 is 2.55 bits per heavy atom. The third-order valence-corrected chi connectivity index (χ3v) is 1.48. The first-order valence-electron chi connectivity index (χ1n) is 3.30. The second kappa shape index (κ2) is 2.23. The number of aromatic nitrogens is 3. The number of hydrogen-bond acceptors (Lipinski definition) is 3. The van der Waals surface area contributed by atoms with Crippen molar-refractivity contribution in [2.45, 2.75) is 6.92 Å². The molecule has 56 valence electrons. The molecule has 0 bridgehead atoms. The van der Waals surface area contributed by atoms with E-state index in [2.05, 4.69) is 14.9 Å². The smallest absolute Gasteiger partial charge is 0.204 e. The highest BCUT2D eigenvalue weighted by atomic mass is 16.6. The quantitative estimate of drug-likeness (QED) is 0.611. The van der Waals surface area contributed by atoms with Gasteiger partial charge in [-0.2, -0.15) is 0 Å². The fourth-order valence-corrected chi connectivity index (χ4v) is 0.937. The van der Waals surface area contributed by atoms with Crippen molar-refractivity contribution < 1.29 is 4.63 Å². The number of aryl methyl sites for hydroxylation is 1. The molecule has 0 saturated heterocycles. The maximum absolute atomic E-state index is 4.55. The van der Waals surface area contributed by atoms with Crippen molar-refractivity contribution in [3.63, 3.8) is 0 Å². The monoisotopic (exact) mass is 149 g/mol. The lowest BCUT2D eigenvalue weighted by molar-refractivity contribution is 0.303. The van der Waals surface area contributed by atoms with Gasteiger partial charge in [0.2, 0.25) is 5.82 Å². The molecule has 11 heavy (non-hydrogen) atoms. The van der Waals surface area contributed by atoms with E-state index in [9.17, 15) is 0 Å². The van der Waals surface area contributed by atoms with Crippen molar-refractivity contribution in [1.29, 1.82) is 0 Å². The van der Waals surface area contributed by atoms with Crippen LogP contribution >= 0.6 is 0 Å². The second-order valence-electron chi connectivity index (χ2n) is 2.26. The van der Waals surface area contributed by atoms with E-state index in [4.69, 9.17) is 0 Å². The molecule has 0 radical (unpaired) electrons. The van der Waals surface area contributed by atoms with Crippen LogP contribution in [0, 0.1) is 6.92 Å². The van der Waals surface area contributed by atoms with Gasteiger partial charge in [-0.15, -0.1) is 0 Å². The average Bonchev–Trinajstić information content (AvgIpc) is 2.55. The number of rotatable bonds is 1. The highest BCUT2D eigenvalue weighted by Gasteiger charge is 2.04. The summed E-state index contributed by atoms with van der Waals surface area (Å²) < 4.78 is 6.40. The zero-order valence-corrected chi connectivity index (χ0v) is 6.06. The van der Waals surface area contributed by atoms with Crippen LogP contribution in [0.5, 0.6) is 0 Å². The van der Waals surface area contributed by atoms with Gasteiger partial charge in [-0.3, -0.25) is 0 Å². The number of nitrogens with zero attached hydrogens (tertiary/aromatic N) is 3. The van der Waals surface area contributed by atoms with Crippen LogP contribution in [0.2, 0.25) is 0 Å². The predicted molar refractivity (Wildman–Crippen MR) is 38.4 cm³/mol. The zero-order chi connectivity index (χ0) is 7.68. The van der Waals surface area contributed by atoms with Crippen molar-refractivity contribution in [1.82, 2.24) is 14.9 Å². The molecule has 0 amide bonds. The topological polar surface area (TPSA) is 43.9 Å². The molecular weight excluding hydrogens is 142 g/mol. The molecule has 2 heterocycles. The van der Waals surface area contributed by atoms with Gasteiger partial charge in [0.15, 0.2) is 0 Å². The van der Waals surface area contributed by atoms with Gasteiger partial charge < -0.3 is 4.57 Å². The van der Waals surface area contributed by atoms with Gasteiger partial charge in [-0.05, 0) is 24.2 Å². The number of hydrogen-bond donors (Lipinski definition) is 0. The van der Waals surface area contributed by atoms with Crippen LogP contribution in [-0.2, 0) is 0 Å². The maximum atomic E-state index is 4.55. The van der Waals surface area contributed by atoms with Crippen LogP contribution in [0.1, 0.15) is 5.69 Å². The standard InChI is InChI=1S/C7H7N3O/c1-6-7(9-11-8-6)10-4-2-3-5-10/h2-5H,1H3. The molecular formula is C7H7N3O. The Kier molecular flexibility index (Phi) is 1.25. The summed E-state index contributed by atoms with van der Waals surface area (Å²) in [6.45, 7) is 1.85. The van der Waals surface area contributed by atoms with Gasteiger partial charge in [-0.1, -0.05) is 5.16 Å². The average molecular weight is 149 g/mol. The molecule has 0 aliphatic rings. The van der Waals surface area contributed by atoms with E-state index in [1.54, 1.807) is 0 Å². The minimum atomic E-state index is 0.745. The van der Waals surface area contributed by atoms with Crippen molar-refractivity contribution in [3.05, 3.63) is 30.2 Å². The molecule has 0 aromatic carbocycles. The van der Waals surface area contributed by atoms with Crippen molar-refractivity contribution in [2.24, 2.45) is 0 Å². The van der Waals surface area contributed by atoms with Crippen LogP contribution in [0.3, 0.4) is 0 Å². The summed E-state index contributed by atoms with van der Waals surface area (Å²) >= 11 is 0. The first-order chi connectivity index (χ1) is 5.38. The fraction of sp³-hybridized carbons (Fsp3) is 0.143. The van der Waals surface area contributed by atoms with Gasteiger partial charge in [-0.25, -0.2) is 4.63 Å². The molecule has 0 unspecified atom stereocenters. The Labute approximate surface area is 63.4 Å².